The van der Waals surface area contributed by atoms with Gasteiger partial charge in [0.05, 0.1) is 25.3 Å². The Morgan fingerprint density at radius 1 is 0.667 bits per heavy atom. The summed E-state index contributed by atoms with van der Waals surface area (Å²) in [5, 5.41) is 10.9. The van der Waals surface area contributed by atoms with Gasteiger partial charge in [0.25, 0.3) is 11.8 Å². The highest BCUT2D eigenvalue weighted by atomic mass is 28.4. The number of amides is 2. The fraction of sp³-hybridized carbons (Fsp3) is 0.929. The Kier molecular flexibility index (Phi) is 8.54. The Hall–Kier alpha value is -1.27. The van der Waals surface area contributed by atoms with Gasteiger partial charge in [0, 0.05) is 0 Å². The summed E-state index contributed by atoms with van der Waals surface area (Å²) in [6.07, 6.45) is -3.88. The Morgan fingerprint density at radius 2 is 0.976 bits per heavy atom. The van der Waals surface area contributed by atoms with Crippen LogP contribution in [0.1, 0.15) is 69.2 Å². The summed E-state index contributed by atoms with van der Waals surface area (Å²) < 4.78 is 37.8. The third-order valence-corrected chi connectivity index (χ3v) is 18.5. The molecule has 42 heavy (non-hydrogen) atoms. The maximum absolute atomic E-state index is 13.5. The Morgan fingerprint density at radius 3 is 1.26 bits per heavy atom. The molecule has 240 valence electrons. The van der Waals surface area contributed by atoms with Gasteiger partial charge in [-0.1, -0.05) is 41.5 Å². The maximum atomic E-state index is 13.5. The maximum Gasteiger partial charge on any atom is 0.276 e. The van der Waals surface area contributed by atoms with Crippen LogP contribution in [0.2, 0.25) is 36.3 Å². The van der Waals surface area contributed by atoms with Crippen molar-refractivity contribution in [1.82, 2.24) is 10.0 Å². The van der Waals surface area contributed by atoms with E-state index in [9.17, 15) is 9.59 Å². The van der Waals surface area contributed by atoms with Gasteiger partial charge in [0.15, 0.2) is 40.4 Å². The predicted molar refractivity (Wildman–Crippen MR) is 160 cm³/mol. The van der Waals surface area contributed by atoms with Crippen molar-refractivity contribution in [3.05, 3.63) is 0 Å². The lowest BCUT2D eigenvalue weighted by Gasteiger charge is -2.44. The molecule has 4 fully saturated rings. The fourth-order valence-electron chi connectivity index (χ4n) is 5.10. The van der Waals surface area contributed by atoms with E-state index < -0.39 is 64.8 Å². The highest BCUT2D eigenvalue weighted by Gasteiger charge is 2.58. The van der Waals surface area contributed by atoms with Gasteiger partial charge in [-0.15, -0.1) is 0 Å². The molecule has 0 aromatic heterocycles. The molecule has 2 amide bonds. The third kappa shape index (κ3) is 6.55. The highest BCUT2D eigenvalue weighted by Crippen LogP contribution is 2.43. The molecule has 12 nitrogen and oxygen atoms in total. The van der Waals surface area contributed by atoms with E-state index in [4.69, 9.17) is 27.8 Å². The molecule has 0 N–H and O–H groups in total. The van der Waals surface area contributed by atoms with E-state index >= 15 is 0 Å². The highest BCUT2D eigenvalue weighted by molar-refractivity contribution is 6.74. The number of rotatable bonds is 6. The van der Waals surface area contributed by atoms with E-state index in [0.717, 1.165) is 0 Å². The summed E-state index contributed by atoms with van der Waals surface area (Å²) in [5.74, 6) is -2.68. The number of piperidine rings is 2. The SMILES string of the molecule is CC1(C)OC2C(=O)N(/N=N/N3CC(O[Si](C)(C)C(C)(C)C)C4OC(C)(C)OC4C3=O)CC(O[Si](C)(C)C(C)(C)C)C2O1. The molecular formula is C28H52N4O8Si2. The molecule has 0 aromatic rings. The smallest absolute Gasteiger partial charge is 0.276 e. The van der Waals surface area contributed by atoms with Gasteiger partial charge < -0.3 is 27.8 Å². The first-order valence-electron chi connectivity index (χ1n) is 15.0. The number of carbonyl (C=O) groups excluding carboxylic acids is 2. The number of carbonyl (C=O) groups is 2. The Labute approximate surface area is 252 Å². The Balaban J connectivity index is 1.60. The van der Waals surface area contributed by atoms with Gasteiger partial charge in [-0.25, -0.2) is 10.0 Å². The minimum Gasteiger partial charge on any atom is -0.409 e. The standard InChI is InChI=1S/C28H52N4O8Si2/c1-25(2,3)41(11,12)39-17-15-31(23(33)21-19(17)35-27(7,8)37-21)29-30-32-16-18(40-42(13,14)26(4,5)6)20-22(24(32)34)38-28(9,10)36-20/h17-22H,15-16H2,1-14H3/b30-29+. The van der Waals surface area contributed by atoms with Crippen LogP contribution in [0.4, 0.5) is 0 Å². The topological polar surface area (TPSA) is 121 Å². The van der Waals surface area contributed by atoms with E-state index in [1.807, 2.05) is 0 Å². The van der Waals surface area contributed by atoms with Crippen molar-refractivity contribution < 1.29 is 37.4 Å². The molecule has 4 saturated heterocycles. The monoisotopic (exact) mass is 628 g/mol. The number of nitrogens with zero attached hydrogens (tertiary/aromatic N) is 4. The molecule has 14 heteroatoms. The average Bonchev–Trinajstić information content (AvgIpc) is 3.31. The van der Waals surface area contributed by atoms with Gasteiger partial charge in [0.2, 0.25) is 0 Å². The molecule has 0 saturated carbocycles. The lowest BCUT2D eigenvalue weighted by atomic mass is 10.0. The van der Waals surface area contributed by atoms with Crippen LogP contribution < -0.4 is 0 Å². The fourth-order valence-corrected chi connectivity index (χ4v) is 7.74. The van der Waals surface area contributed by atoms with Gasteiger partial charge >= 0.3 is 0 Å². The zero-order valence-corrected chi connectivity index (χ0v) is 29.9. The summed E-state index contributed by atoms with van der Waals surface area (Å²) >= 11 is 0. The quantitative estimate of drug-likeness (QED) is 0.305. The lowest BCUT2D eigenvalue weighted by molar-refractivity contribution is -0.161. The molecule has 0 bridgehead atoms. The molecule has 6 atom stereocenters. The van der Waals surface area contributed by atoms with Gasteiger partial charge in [-0.3, -0.25) is 9.59 Å². The largest absolute Gasteiger partial charge is 0.409 e. The third-order valence-electron chi connectivity index (χ3n) is 9.45. The molecule has 6 unspecified atom stereocenters. The molecule has 4 rings (SSSR count). The average molecular weight is 629 g/mol. The minimum absolute atomic E-state index is 0.0572. The molecule has 0 radical (unpaired) electrons. The van der Waals surface area contributed by atoms with Crippen molar-refractivity contribution in [2.45, 2.75) is 154 Å². The predicted octanol–water partition coefficient (Wildman–Crippen LogP) is 4.77. The van der Waals surface area contributed by atoms with Crippen LogP contribution in [0.5, 0.6) is 0 Å². The lowest BCUT2D eigenvalue weighted by Crippen LogP contribution is -2.61. The summed E-state index contributed by atoms with van der Waals surface area (Å²) in [5.41, 5.74) is 0. The van der Waals surface area contributed by atoms with E-state index in [0.29, 0.717) is 0 Å². The van der Waals surface area contributed by atoms with Crippen LogP contribution in [0.15, 0.2) is 10.4 Å². The van der Waals surface area contributed by atoms with Crippen LogP contribution in [-0.4, -0.2) is 99.8 Å². The second kappa shape index (κ2) is 10.7. The summed E-state index contributed by atoms with van der Waals surface area (Å²) in [6.45, 7) is 28.9. The van der Waals surface area contributed by atoms with Crippen LogP contribution in [0.25, 0.3) is 0 Å². The van der Waals surface area contributed by atoms with Crippen LogP contribution >= 0.6 is 0 Å². The number of fused-ring (bicyclic) bond motifs is 2. The van der Waals surface area contributed by atoms with Gasteiger partial charge in [-0.05, 0) is 74.4 Å². The second-order valence-corrected chi connectivity index (χ2v) is 25.4. The zero-order chi connectivity index (χ0) is 31.8. The van der Waals surface area contributed by atoms with E-state index in [2.05, 4.69) is 78.2 Å². The van der Waals surface area contributed by atoms with Crippen molar-refractivity contribution in [3.63, 3.8) is 0 Å². The summed E-state index contributed by atoms with van der Waals surface area (Å²) in [7, 11) is -4.49. The minimum atomic E-state index is -2.25. The number of hydrogen-bond acceptors (Lipinski definition) is 10. The number of ether oxygens (including phenoxy) is 4. The number of hydrogen-bond donors (Lipinski definition) is 0. The van der Waals surface area contributed by atoms with E-state index in [1.54, 1.807) is 27.7 Å². The molecule has 0 aliphatic carbocycles. The van der Waals surface area contributed by atoms with Crippen LogP contribution in [0, 0.1) is 0 Å². The second-order valence-electron chi connectivity index (χ2n) is 15.9. The molecule has 4 heterocycles. The first kappa shape index (κ1) is 33.6. The first-order chi connectivity index (χ1) is 18.8. The molecular weight excluding hydrogens is 577 g/mol. The molecule has 0 aromatic carbocycles. The van der Waals surface area contributed by atoms with Crippen LogP contribution in [0.3, 0.4) is 0 Å². The zero-order valence-electron chi connectivity index (χ0n) is 27.9. The first-order valence-corrected chi connectivity index (χ1v) is 20.8. The normalized spacial score (nSPS) is 33.9. The van der Waals surface area contributed by atoms with Gasteiger partial charge in [0.1, 0.15) is 12.2 Å². The van der Waals surface area contributed by atoms with Crippen molar-refractivity contribution in [2.24, 2.45) is 10.4 Å². The Bertz CT molecular complexity index is 1020. The van der Waals surface area contributed by atoms with E-state index in [-0.39, 0.29) is 35.0 Å². The molecule has 4 aliphatic heterocycles. The summed E-state index contributed by atoms with van der Waals surface area (Å²) in [6, 6.07) is 0. The van der Waals surface area contributed by atoms with Crippen molar-refractivity contribution >= 4 is 28.4 Å². The van der Waals surface area contributed by atoms with Crippen LogP contribution in [-0.2, 0) is 37.4 Å². The molecule has 4 aliphatic rings. The summed E-state index contributed by atoms with van der Waals surface area (Å²) in [4.78, 5) is 27.1. The van der Waals surface area contributed by atoms with Crippen molar-refractivity contribution in [1.29, 1.82) is 0 Å². The van der Waals surface area contributed by atoms with Crippen molar-refractivity contribution in [2.75, 3.05) is 13.1 Å². The van der Waals surface area contributed by atoms with Crippen molar-refractivity contribution in [3.8, 4) is 0 Å². The van der Waals surface area contributed by atoms with E-state index in [1.165, 1.54) is 10.0 Å². The molecule has 0 spiro atoms. The van der Waals surface area contributed by atoms with Gasteiger partial charge in [-0.2, -0.15) is 0 Å².